The number of aliphatic imine (C=N–C) groups is 1. The Morgan fingerprint density at radius 1 is 1.29 bits per heavy atom. The molecule has 0 aliphatic carbocycles. The monoisotopic (exact) mass is 498 g/mol. The van der Waals surface area contributed by atoms with Crippen LogP contribution in [0.15, 0.2) is 41.7 Å². The maximum absolute atomic E-state index is 5.93. The molecule has 1 aliphatic heterocycles. The number of ether oxygens (including phenoxy) is 1. The van der Waals surface area contributed by atoms with Crippen molar-refractivity contribution in [1.82, 2.24) is 24.9 Å². The summed E-state index contributed by atoms with van der Waals surface area (Å²) in [6.07, 6.45) is 3.91. The molecule has 1 aromatic carbocycles. The average molecular weight is 498 g/mol. The molecule has 2 aromatic rings. The quantitative estimate of drug-likeness (QED) is 0.390. The molecule has 1 fully saturated rings. The number of halogens is 1. The van der Waals surface area contributed by atoms with Crippen LogP contribution in [0.25, 0.3) is 0 Å². The number of nitrogens with zero attached hydrogens (tertiary/aromatic N) is 5. The lowest BCUT2D eigenvalue weighted by molar-refractivity contribution is -0.00805. The molecular formula is C20H31IN6O. The van der Waals surface area contributed by atoms with Crippen molar-refractivity contribution in [2.75, 3.05) is 40.8 Å². The SMILES string of the molecule is CN=C(NCc1ccc(CN(C)C)cc1)N1CCOC(c2cnn(C)c2)C1.I. The summed E-state index contributed by atoms with van der Waals surface area (Å²) in [5.41, 5.74) is 3.67. The van der Waals surface area contributed by atoms with Crippen molar-refractivity contribution in [3.8, 4) is 0 Å². The number of morpholine rings is 1. The fraction of sp³-hybridized carbons (Fsp3) is 0.500. The summed E-state index contributed by atoms with van der Waals surface area (Å²) in [5, 5.41) is 7.73. The summed E-state index contributed by atoms with van der Waals surface area (Å²) >= 11 is 0. The van der Waals surface area contributed by atoms with E-state index in [2.05, 4.69) is 63.6 Å². The van der Waals surface area contributed by atoms with Crippen LogP contribution in [0.1, 0.15) is 22.8 Å². The number of benzene rings is 1. The Kier molecular flexibility index (Phi) is 8.71. The highest BCUT2D eigenvalue weighted by molar-refractivity contribution is 14.0. The Morgan fingerprint density at radius 3 is 2.61 bits per heavy atom. The van der Waals surface area contributed by atoms with Gasteiger partial charge in [-0.15, -0.1) is 24.0 Å². The van der Waals surface area contributed by atoms with E-state index in [4.69, 9.17) is 4.74 Å². The van der Waals surface area contributed by atoms with Crippen LogP contribution in [0, 0.1) is 0 Å². The highest BCUT2D eigenvalue weighted by Crippen LogP contribution is 2.21. The summed E-state index contributed by atoms with van der Waals surface area (Å²) < 4.78 is 7.74. The molecule has 1 aliphatic rings. The van der Waals surface area contributed by atoms with Crippen molar-refractivity contribution in [3.05, 3.63) is 53.3 Å². The standard InChI is InChI=1S/C20H30N6O.HI/c1-21-20(22-11-16-5-7-17(8-6-16)13-24(2)3)26-9-10-27-19(15-26)18-12-23-25(4)14-18;/h5-8,12,14,19H,9-11,13,15H2,1-4H3,(H,21,22);1H. The van der Waals surface area contributed by atoms with Crippen molar-refractivity contribution in [3.63, 3.8) is 0 Å². The third kappa shape index (κ3) is 6.18. The van der Waals surface area contributed by atoms with Crippen molar-refractivity contribution in [2.24, 2.45) is 12.0 Å². The van der Waals surface area contributed by atoms with E-state index in [1.54, 1.807) is 0 Å². The fourth-order valence-corrected chi connectivity index (χ4v) is 3.29. The number of hydrogen-bond acceptors (Lipinski definition) is 4. The third-order valence-electron chi connectivity index (χ3n) is 4.65. The van der Waals surface area contributed by atoms with E-state index >= 15 is 0 Å². The Hall–Kier alpha value is -1.65. The summed E-state index contributed by atoms with van der Waals surface area (Å²) in [5.74, 6) is 0.907. The van der Waals surface area contributed by atoms with Crippen LogP contribution in [0.3, 0.4) is 0 Å². The van der Waals surface area contributed by atoms with Gasteiger partial charge in [0.1, 0.15) is 6.10 Å². The van der Waals surface area contributed by atoms with Gasteiger partial charge in [0.15, 0.2) is 5.96 Å². The zero-order chi connectivity index (χ0) is 19.2. The molecule has 0 bridgehead atoms. The van der Waals surface area contributed by atoms with Crippen LogP contribution in [0.2, 0.25) is 0 Å². The van der Waals surface area contributed by atoms with Gasteiger partial charge in [-0.25, -0.2) is 0 Å². The van der Waals surface area contributed by atoms with E-state index in [9.17, 15) is 0 Å². The van der Waals surface area contributed by atoms with Gasteiger partial charge in [0, 0.05) is 45.5 Å². The molecule has 28 heavy (non-hydrogen) atoms. The molecule has 0 saturated carbocycles. The van der Waals surface area contributed by atoms with E-state index in [-0.39, 0.29) is 30.1 Å². The lowest BCUT2D eigenvalue weighted by Gasteiger charge is -2.34. The van der Waals surface area contributed by atoms with Crippen LogP contribution >= 0.6 is 24.0 Å². The number of hydrogen-bond donors (Lipinski definition) is 1. The highest BCUT2D eigenvalue weighted by Gasteiger charge is 2.25. The van der Waals surface area contributed by atoms with Gasteiger partial charge in [0.05, 0.1) is 19.3 Å². The smallest absolute Gasteiger partial charge is 0.194 e. The molecule has 3 rings (SSSR count). The van der Waals surface area contributed by atoms with Crippen LogP contribution in [-0.2, 0) is 24.9 Å². The van der Waals surface area contributed by atoms with Gasteiger partial charge in [-0.2, -0.15) is 5.10 Å². The largest absolute Gasteiger partial charge is 0.370 e. The van der Waals surface area contributed by atoms with Gasteiger partial charge in [-0.05, 0) is 25.2 Å². The lowest BCUT2D eigenvalue weighted by atomic mass is 10.1. The van der Waals surface area contributed by atoms with Crippen LogP contribution in [0.4, 0.5) is 0 Å². The molecule has 0 radical (unpaired) electrons. The zero-order valence-corrected chi connectivity index (χ0v) is 19.5. The third-order valence-corrected chi connectivity index (χ3v) is 4.65. The molecule has 1 aromatic heterocycles. The molecule has 1 N–H and O–H groups in total. The van der Waals surface area contributed by atoms with Crippen LogP contribution in [-0.4, -0.2) is 66.4 Å². The van der Waals surface area contributed by atoms with Gasteiger partial charge >= 0.3 is 0 Å². The highest BCUT2D eigenvalue weighted by atomic mass is 127. The van der Waals surface area contributed by atoms with Gasteiger partial charge in [-0.3, -0.25) is 9.67 Å². The number of aryl methyl sites for hydroxylation is 1. The first-order valence-electron chi connectivity index (χ1n) is 9.33. The number of nitrogens with one attached hydrogen (secondary N) is 1. The van der Waals surface area contributed by atoms with Gasteiger partial charge < -0.3 is 19.9 Å². The molecule has 1 unspecified atom stereocenters. The Morgan fingerprint density at radius 2 is 2.00 bits per heavy atom. The number of rotatable bonds is 5. The van der Waals surface area contributed by atoms with E-state index < -0.39 is 0 Å². The molecule has 0 spiro atoms. The van der Waals surface area contributed by atoms with E-state index in [0.29, 0.717) is 6.61 Å². The first kappa shape index (κ1) is 22.6. The zero-order valence-electron chi connectivity index (χ0n) is 17.1. The average Bonchev–Trinajstić information content (AvgIpc) is 3.10. The van der Waals surface area contributed by atoms with Crippen molar-refractivity contribution in [2.45, 2.75) is 19.2 Å². The minimum absolute atomic E-state index is 0. The molecule has 1 atom stereocenters. The predicted molar refractivity (Wildman–Crippen MR) is 123 cm³/mol. The summed E-state index contributed by atoms with van der Waals surface area (Å²) in [7, 11) is 7.92. The number of aromatic nitrogens is 2. The van der Waals surface area contributed by atoms with Crippen LogP contribution < -0.4 is 5.32 Å². The van der Waals surface area contributed by atoms with Crippen molar-refractivity contribution >= 4 is 29.9 Å². The molecule has 7 nitrogen and oxygen atoms in total. The summed E-state index contributed by atoms with van der Waals surface area (Å²) in [6, 6.07) is 8.73. The first-order valence-corrected chi connectivity index (χ1v) is 9.33. The second-order valence-corrected chi connectivity index (χ2v) is 7.21. The Balaban J connectivity index is 0.00000280. The minimum Gasteiger partial charge on any atom is -0.370 e. The van der Waals surface area contributed by atoms with Crippen LogP contribution in [0.5, 0.6) is 0 Å². The number of guanidine groups is 1. The molecule has 0 amide bonds. The fourth-order valence-electron chi connectivity index (χ4n) is 3.29. The maximum Gasteiger partial charge on any atom is 0.194 e. The molecule has 2 heterocycles. The predicted octanol–water partition coefficient (Wildman–Crippen LogP) is 2.25. The molecule has 1 saturated heterocycles. The Bertz CT molecular complexity index is 758. The minimum atomic E-state index is 0. The van der Waals surface area contributed by atoms with Crippen molar-refractivity contribution in [1.29, 1.82) is 0 Å². The second-order valence-electron chi connectivity index (χ2n) is 7.21. The second kappa shape index (κ2) is 10.8. The topological polar surface area (TPSA) is 57.9 Å². The molecule has 154 valence electrons. The van der Waals surface area contributed by atoms with Gasteiger partial charge in [0.2, 0.25) is 0 Å². The lowest BCUT2D eigenvalue weighted by Crippen LogP contribution is -2.47. The molecule has 8 heteroatoms. The summed E-state index contributed by atoms with van der Waals surface area (Å²) in [4.78, 5) is 8.89. The molecular weight excluding hydrogens is 467 g/mol. The van der Waals surface area contributed by atoms with Gasteiger partial charge in [-0.1, -0.05) is 24.3 Å². The summed E-state index contributed by atoms with van der Waals surface area (Å²) in [6.45, 7) is 3.99. The van der Waals surface area contributed by atoms with E-state index in [0.717, 1.165) is 37.7 Å². The van der Waals surface area contributed by atoms with E-state index in [1.165, 1.54) is 11.1 Å². The Labute approximate surface area is 184 Å². The van der Waals surface area contributed by atoms with Crippen molar-refractivity contribution < 1.29 is 4.74 Å². The van der Waals surface area contributed by atoms with E-state index in [1.807, 2.05) is 31.2 Å². The first-order chi connectivity index (χ1) is 13.0. The maximum atomic E-state index is 5.93. The van der Waals surface area contributed by atoms with Gasteiger partial charge in [0.25, 0.3) is 0 Å². The normalized spacial score (nSPS) is 17.5.